The number of allylic oxidation sites excluding steroid dienone is 1. The van der Waals surface area contributed by atoms with Gasteiger partial charge in [-0.15, -0.1) is 0 Å². The third kappa shape index (κ3) is 5.71. The molecule has 0 spiro atoms. The van der Waals surface area contributed by atoms with Crippen molar-refractivity contribution in [3.05, 3.63) is 11.8 Å². The summed E-state index contributed by atoms with van der Waals surface area (Å²) >= 11 is -2.26. The Bertz CT molecular complexity index is 250. The van der Waals surface area contributed by atoms with E-state index in [-0.39, 0.29) is 18.2 Å². The normalized spacial score (nSPS) is 13.9. The van der Waals surface area contributed by atoms with Gasteiger partial charge in [0.05, 0.1) is 6.61 Å². The molecule has 0 aliphatic heterocycles. The van der Waals surface area contributed by atoms with Gasteiger partial charge >= 0.3 is 5.97 Å². The molecule has 0 fully saturated rings. The fraction of sp³-hybridized carbons (Fsp3) is 0.625. The van der Waals surface area contributed by atoms with Crippen LogP contribution in [-0.4, -0.2) is 21.3 Å². The molecule has 14 heavy (non-hydrogen) atoms. The van der Waals surface area contributed by atoms with Crippen LogP contribution in [0.1, 0.15) is 20.8 Å². The van der Waals surface area contributed by atoms with Gasteiger partial charge in [0, 0.05) is 0 Å². The summed E-state index contributed by atoms with van der Waals surface area (Å²) in [5.74, 6) is -0.533. The maximum absolute atomic E-state index is 11.2. The molecule has 0 aliphatic carbocycles. The van der Waals surface area contributed by atoms with Gasteiger partial charge in [-0.1, -0.05) is 19.9 Å². The van der Waals surface area contributed by atoms with Crippen LogP contribution in [0.25, 0.3) is 0 Å². The molecule has 0 saturated heterocycles. The Morgan fingerprint density at radius 2 is 2.21 bits per heavy atom. The number of rotatable bonds is 5. The van der Waals surface area contributed by atoms with Gasteiger partial charge in [-0.05, 0) is 12.8 Å². The molecule has 0 radical (unpaired) electrons. The number of hydrogen-bond acceptors (Lipinski definition) is 3. The minimum absolute atomic E-state index is 0.0164. The van der Waals surface area contributed by atoms with Gasteiger partial charge in [0.15, 0.2) is 0 Å². The first-order valence-electron chi connectivity index (χ1n) is 4.23. The highest BCUT2D eigenvalue weighted by Crippen LogP contribution is 2.02. The minimum Gasteiger partial charge on any atom is -0.461 e. The molecule has 0 saturated carbocycles. The fourth-order valence-electron chi connectivity index (χ4n) is 0.780. The molecule has 0 aromatic carbocycles. The van der Waals surface area contributed by atoms with E-state index in [0.717, 1.165) is 0 Å². The van der Waals surface area contributed by atoms with E-state index in [9.17, 15) is 9.00 Å². The average Bonchev–Trinajstić information content (AvgIpc) is 2.01. The Balaban J connectivity index is 4.54. The van der Waals surface area contributed by atoms with Gasteiger partial charge in [0.1, 0.15) is 5.70 Å². The SMILES string of the molecule is CCOC(=O)C(=CC(C)C)NS(=O)O. The largest absolute Gasteiger partial charge is 0.461 e. The van der Waals surface area contributed by atoms with Crippen molar-refractivity contribution < 1.29 is 18.3 Å². The molecular formula is C8H15NO4S. The summed E-state index contributed by atoms with van der Waals surface area (Å²) in [7, 11) is 0. The molecule has 1 unspecified atom stereocenters. The Kier molecular flexibility index (Phi) is 6.14. The summed E-state index contributed by atoms with van der Waals surface area (Å²) in [5.41, 5.74) is 0.0164. The van der Waals surface area contributed by atoms with Crippen LogP contribution in [0, 0.1) is 5.92 Å². The first-order valence-corrected chi connectivity index (χ1v) is 5.34. The second-order valence-corrected chi connectivity index (χ2v) is 3.60. The third-order valence-electron chi connectivity index (χ3n) is 1.19. The lowest BCUT2D eigenvalue weighted by molar-refractivity contribution is -0.138. The summed E-state index contributed by atoms with van der Waals surface area (Å²) in [6, 6.07) is 0. The maximum atomic E-state index is 11.2. The van der Waals surface area contributed by atoms with Crippen molar-refractivity contribution in [3.8, 4) is 0 Å². The number of carbonyl (C=O) groups excluding carboxylic acids is 1. The number of hydrogen-bond donors (Lipinski definition) is 2. The van der Waals surface area contributed by atoms with Crippen LogP contribution in [0.5, 0.6) is 0 Å². The lowest BCUT2D eigenvalue weighted by Crippen LogP contribution is -2.24. The average molecular weight is 221 g/mol. The summed E-state index contributed by atoms with van der Waals surface area (Å²) < 4.78 is 25.8. The van der Waals surface area contributed by atoms with Crippen molar-refractivity contribution in [2.75, 3.05) is 6.61 Å². The lowest BCUT2D eigenvalue weighted by Gasteiger charge is -2.07. The molecular weight excluding hydrogens is 206 g/mol. The smallest absolute Gasteiger partial charge is 0.355 e. The van der Waals surface area contributed by atoms with Gasteiger partial charge in [0.25, 0.3) is 11.3 Å². The molecule has 1 atom stereocenters. The second kappa shape index (κ2) is 6.56. The highest BCUT2D eigenvalue weighted by Gasteiger charge is 2.12. The van der Waals surface area contributed by atoms with Crippen molar-refractivity contribution in [2.24, 2.45) is 5.92 Å². The van der Waals surface area contributed by atoms with Crippen molar-refractivity contribution in [3.63, 3.8) is 0 Å². The van der Waals surface area contributed by atoms with E-state index in [1.807, 2.05) is 13.8 Å². The zero-order valence-electron chi connectivity index (χ0n) is 8.44. The van der Waals surface area contributed by atoms with E-state index >= 15 is 0 Å². The third-order valence-corrected chi connectivity index (χ3v) is 1.59. The van der Waals surface area contributed by atoms with Gasteiger partial charge in [-0.25, -0.2) is 9.00 Å². The molecule has 0 bridgehead atoms. The predicted molar refractivity (Wildman–Crippen MR) is 53.5 cm³/mol. The van der Waals surface area contributed by atoms with E-state index < -0.39 is 17.2 Å². The Hall–Kier alpha value is -0.880. The molecule has 0 aromatic rings. The summed E-state index contributed by atoms with van der Waals surface area (Å²) in [4.78, 5) is 11.2. The maximum Gasteiger partial charge on any atom is 0.355 e. The fourth-order valence-corrected chi connectivity index (χ4v) is 1.12. The lowest BCUT2D eigenvalue weighted by atomic mass is 10.2. The summed E-state index contributed by atoms with van der Waals surface area (Å²) in [6.45, 7) is 5.59. The van der Waals surface area contributed by atoms with Crippen molar-refractivity contribution in [1.29, 1.82) is 0 Å². The van der Waals surface area contributed by atoms with E-state index in [0.29, 0.717) is 0 Å². The molecule has 0 aromatic heterocycles. The topological polar surface area (TPSA) is 75.6 Å². The minimum atomic E-state index is -2.26. The Morgan fingerprint density at radius 3 is 2.57 bits per heavy atom. The summed E-state index contributed by atoms with van der Waals surface area (Å²) in [5, 5.41) is 0. The second-order valence-electron chi connectivity index (χ2n) is 2.90. The van der Waals surface area contributed by atoms with Crippen LogP contribution in [0.2, 0.25) is 0 Å². The van der Waals surface area contributed by atoms with Crippen LogP contribution in [0.4, 0.5) is 0 Å². The van der Waals surface area contributed by atoms with Crippen LogP contribution in [0.15, 0.2) is 11.8 Å². The van der Waals surface area contributed by atoms with Crippen molar-refractivity contribution in [1.82, 2.24) is 4.72 Å². The van der Waals surface area contributed by atoms with E-state index in [4.69, 9.17) is 9.29 Å². The first kappa shape index (κ1) is 13.1. The molecule has 5 nitrogen and oxygen atoms in total. The van der Waals surface area contributed by atoms with Crippen LogP contribution in [0.3, 0.4) is 0 Å². The van der Waals surface area contributed by atoms with Gasteiger partial charge in [-0.3, -0.25) is 9.27 Å². The van der Waals surface area contributed by atoms with Gasteiger partial charge in [0.2, 0.25) is 0 Å². The molecule has 0 rings (SSSR count). The number of esters is 1. The van der Waals surface area contributed by atoms with Crippen molar-refractivity contribution in [2.45, 2.75) is 20.8 Å². The van der Waals surface area contributed by atoms with Gasteiger partial charge < -0.3 is 4.74 Å². The van der Waals surface area contributed by atoms with Crippen LogP contribution in [-0.2, 0) is 20.8 Å². The monoisotopic (exact) mass is 221 g/mol. The van der Waals surface area contributed by atoms with E-state index in [2.05, 4.69) is 4.72 Å². The zero-order valence-corrected chi connectivity index (χ0v) is 9.26. The Labute approximate surface area is 85.9 Å². The number of ether oxygens (including phenoxy) is 1. The van der Waals surface area contributed by atoms with Crippen molar-refractivity contribution >= 4 is 17.2 Å². The Morgan fingerprint density at radius 1 is 1.64 bits per heavy atom. The predicted octanol–water partition coefficient (Wildman–Crippen LogP) is 0.816. The van der Waals surface area contributed by atoms with E-state index in [1.54, 1.807) is 6.92 Å². The molecule has 2 N–H and O–H groups in total. The van der Waals surface area contributed by atoms with Crippen LogP contribution < -0.4 is 4.72 Å². The molecule has 82 valence electrons. The summed E-state index contributed by atoms with van der Waals surface area (Å²) in [6.07, 6.45) is 1.53. The molecule has 0 aliphatic rings. The highest BCUT2D eigenvalue weighted by molar-refractivity contribution is 7.77. The first-order chi connectivity index (χ1) is 6.47. The van der Waals surface area contributed by atoms with Gasteiger partial charge in [-0.2, -0.15) is 0 Å². The molecule has 0 heterocycles. The standard InChI is InChI=1S/C8H15NO4S/c1-4-13-8(10)7(5-6(2)3)9-14(11)12/h5-6,9H,4H2,1-3H3,(H,11,12). The zero-order chi connectivity index (χ0) is 11.1. The quantitative estimate of drug-likeness (QED) is 0.409. The molecule has 6 heteroatoms. The van der Waals surface area contributed by atoms with E-state index in [1.165, 1.54) is 6.08 Å². The van der Waals surface area contributed by atoms with Crippen LogP contribution >= 0.6 is 0 Å². The number of nitrogens with one attached hydrogen (secondary N) is 1. The highest BCUT2D eigenvalue weighted by atomic mass is 32.2. The number of carbonyl (C=O) groups is 1. The molecule has 0 amide bonds.